The molecule has 7 aliphatic rings. The minimum Gasteiger partial charge on any atom is -0.458 e. The maximum Gasteiger partial charge on any atom is 0.334 e. The van der Waals surface area contributed by atoms with Crippen LogP contribution in [-0.2, 0) is 28.7 Å². The van der Waals surface area contributed by atoms with Gasteiger partial charge in [-0.2, -0.15) is 0 Å². The number of Topliss-reactive ketones (excluding diaryl/α,β-unsaturated/α-hetero) is 2. The topological polar surface area (TPSA) is 127 Å². The van der Waals surface area contributed by atoms with Crippen LogP contribution in [0.25, 0.3) is 0 Å². The van der Waals surface area contributed by atoms with Gasteiger partial charge in [-0.3, -0.25) is 9.59 Å². The minimum absolute atomic E-state index is 0.105. The number of hydrogen-bond acceptors (Lipinski definition) is 8. The molecule has 0 aromatic heterocycles. The van der Waals surface area contributed by atoms with Crippen molar-refractivity contribution in [2.75, 3.05) is 6.61 Å². The van der Waals surface area contributed by atoms with Crippen molar-refractivity contribution in [2.45, 2.75) is 62.8 Å². The Balaban J connectivity index is 1.47. The first kappa shape index (κ1) is 24.2. The first-order chi connectivity index (χ1) is 18.0. The molecule has 10 atom stereocenters. The first-order valence-corrected chi connectivity index (χ1v) is 13.7. The van der Waals surface area contributed by atoms with Gasteiger partial charge < -0.3 is 19.7 Å². The molecule has 200 valence electrons. The molecular weight excluding hydrogens is 488 g/mol. The van der Waals surface area contributed by atoms with Crippen LogP contribution in [-0.4, -0.2) is 58.1 Å². The molecule has 0 aromatic rings. The lowest BCUT2D eigenvalue weighted by atomic mass is 9.56. The van der Waals surface area contributed by atoms with Gasteiger partial charge in [-0.1, -0.05) is 25.3 Å². The van der Waals surface area contributed by atoms with Crippen molar-refractivity contribution in [1.29, 1.82) is 0 Å². The Kier molecular flexibility index (Phi) is 4.86. The molecule has 3 saturated carbocycles. The smallest absolute Gasteiger partial charge is 0.334 e. The number of rotatable bonds is 1. The fourth-order valence-corrected chi connectivity index (χ4v) is 9.43. The zero-order chi connectivity index (χ0) is 26.9. The molecule has 0 bridgehead atoms. The highest BCUT2D eigenvalue weighted by Crippen LogP contribution is 2.68. The molecule has 2 saturated heterocycles. The quantitative estimate of drug-likeness (QED) is 0.306. The number of esters is 2. The summed E-state index contributed by atoms with van der Waals surface area (Å²) in [5.41, 5.74) is -0.298. The van der Waals surface area contributed by atoms with E-state index in [1.54, 1.807) is 0 Å². The molecule has 8 heteroatoms. The second kappa shape index (κ2) is 7.63. The van der Waals surface area contributed by atoms with Crippen LogP contribution in [0.2, 0.25) is 0 Å². The Labute approximate surface area is 220 Å². The average molecular weight is 521 g/mol. The molecular formula is C30H32O8. The maximum atomic E-state index is 14.3. The molecule has 0 radical (unpaired) electrons. The van der Waals surface area contributed by atoms with Gasteiger partial charge in [-0.05, 0) is 50.0 Å². The SMILES string of the molecule is C=C1C(=O)O[C@@H]2[C@@H]3[C@@H](CC(=O)[C@]34CC[C@]3(O)CC[C@H]5C(=C)C(=O)O[C@@H]5C5C3=C4C(=O)[C@H]5CO)C(=C)CC[C@@H]12. The van der Waals surface area contributed by atoms with E-state index in [1.807, 2.05) is 0 Å². The number of allylic oxidation sites excluding steroid dienone is 2. The van der Waals surface area contributed by atoms with E-state index >= 15 is 0 Å². The number of ether oxygens (including phenoxy) is 2. The van der Waals surface area contributed by atoms with E-state index in [2.05, 4.69) is 19.7 Å². The van der Waals surface area contributed by atoms with Crippen molar-refractivity contribution in [2.24, 2.45) is 40.9 Å². The highest BCUT2D eigenvalue weighted by molar-refractivity contribution is 6.10. The van der Waals surface area contributed by atoms with Gasteiger partial charge in [-0.25, -0.2) is 9.59 Å². The van der Waals surface area contributed by atoms with Crippen LogP contribution in [0, 0.1) is 40.9 Å². The summed E-state index contributed by atoms with van der Waals surface area (Å²) in [6, 6.07) is 0. The molecule has 8 nitrogen and oxygen atoms in total. The molecule has 38 heavy (non-hydrogen) atoms. The number of ketones is 2. The summed E-state index contributed by atoms with van der Waals surface area (Å²) in [6.07, 6.45) is 1.36. The van der Waals surface area contributed by atoms with E-state index in [0.29, 0.717) is 42.4 Å². The summed E-state index contributed by atoms with van der Waals surface area (Å²) >= 11 is 0. The van der Waals surface area contributed by atoms with Gasteiger partial charge >= 0.3 is 11.9 Å². The third kappa shape index (κ3) is 2.68. The Morgan fingerprint density at radius 3 is 2.21 bits per heavy atom. The summed E-state index contributed by atoms with van der Waals surface area (Å²) < 4.78 is 11.7. The molecule has 1 unspecified atom stereocenters. The third-order valence-electron chi connectivity index (χ3n) is 11.2. The van der Waals surface area contributed by atoms with E-state index in [4.69, 9.17) is 9.47 Å². The van der Waals surface area contributed by atoms with Gasteiger partial charge in [-0.15, -0.1) is 0 Å². The summed E-state index contributed by atoms with van der Waals surface area (Å²) in [5.74, 6) is -4.57. The predicted octanol–water partition coefficient (Wildman–Crippen LogP) is 2.15. The number of fused-ring (bicyclic) bond motifs is 7. The zero-order valence-electron chi connectivity index (χ0n) is 21.2. The Hall–Kier alpha value is -2.84. The van der Waals surface area contributed by atoms with Gasteiger partial charge in [0.05, 0.1) is 23.5 Å². The fourth-order valence-electron chi connectivity index (χ4n) is 9.43. The van der Waals surface area contributed by atoms with Crippen LogP contribution >= 0.6 is 0 Å². The fraction of sp³-hybridized carbons (Fsp3) is 0.600. The second-order valence-electron chi connectivity index (χ2n) is 12.5. The Morgan fingerprint density at radius 2 is 1.53 bits per heavy atom. The lowest BCUT2D eigenvalue weighted by Crippen LogP contribution is -2.51. The predicted molar refractivity (Wildman–Crippen MR) is 132 cm³/mol. The monoisotopic (exact) mass is 520 g/mol. The standard InChI is InChI=1S/C30H32O8/c1-12-4-5-15-13(2)28(35)38-26(15)21-17(12)10-19(32)30(21)9-8-29(36)7-6-16-14(3)27(34)37-25(16)20-18(11-31)24(33)23(30)22(20)29/h15-18,20-21,25-26,31,36H,1-11H2/t15-,16-,17-,18-,20?,21-,25-,26-,29+,30+/m0/s1. The number of carbonyl (C=O) groups is 4. The molecule has 2 heterocycles. The van der Waals surface area contributed by atoms with Crippen molar-refractivity contribution < 1.29 is 38.9 Å². The summed E-state index contributed by atoms with van der Waals surface area (Å²) in [5, 5.41) is 22.6. The number of aliphatic hydroxyl groups is 2. The molecule has 5 fully saturated rings. The highest BCUT2D eigenvalue weighted by atomic mass is 16.6. The lowest BCUT2D eigenvalue weighted by molar-refractivity contribution is -0.146. The van der Waals surface area contributed by atoms with Crippen molar-refractivity contribution in [3.8, 4) is 0 Å². The van der Waals surface area contributed by atoms with Crippen molar-refractivity contribution in [3.63, 3.8) is 0 Å². The molecule has 2 aliphatic heterocycles. The van der Waals surface area contributed by atoms with Crippen molar-refractivity contribution >= 4 is 23.5 Å². The number of hydrogen-bond donors (Lipinski definition) is 2. The molecule has 7 rings (SSSR count). The lowest BCUT2D eigenvalue weighted by Gasteiger charge is -2.47. The van der Waals surface area contributed by atoms with E-state index in [9.17, 15) is 29.4 Å². The minimum atomic E-state index is -1.36. The summed E-state index contributed by atoms with van der Waals surface area (Å²) in [6.45, 7) is 11.7. The number of aliphatic hydroxyl groups excluding tert-OH is 1. The van der Waals surface area contributed by atoms with Crippen molar-refractivity contribution in [3.05, 3.63) is 47.6 Å². The third-order valence-corrected chi connectivity index (χ3v) is 11.2. The van der Waals surface area contributed by atoms with Crippen molar-refractivity contribution in [1.82, 2.24) is 0 Å². The van der Waals surface area contributed by atoms with Gasteiger partial charge in [0.2, 0.25) is 0 Å². The molecule has 0 amide bonds. The first-order valence-electron chi connectivity index (χ1n) is 13.7. The van der Waals surface area contributed by atoms with Gasteiger partial charge in [0, 0.05) is 46.8 Å². The molecule has 1 spiro atoms. The zero-order valence-corrected chi connectivity index (χ0v) is 21.2. The summed E-state index contributed by atoms with van der Waals surface area (Å²) in [4.78, 5) is 53.7. The van der Waals surface area contributed by atoms with Gasteiger partial charge in [0.25, 0.3) is 0 Å². The van der Waals surface area contributed by atoms with Crippen LogP contribution in [0.4, 0.5) is 0 Å². The van der Waals surface area contributed by atoms with Crippen LogP contribution in [0.3, 0.4) is 0 Å². The van der Waals surface area contributed by atoms with Gasteiger partial charge in [0.15, 0.2) is 5.78 Å². The summed E-state index contributed by atoms with van der Waals surface area (Å²) in [7, 11) is 0. The molecule has 0 aromatic carbocycles. The van der Waals surface area contributed by atoms with Crippen LogP contribution in [0.5, 0.6) is 0 Å². The van der Waals surface area contributed by atoms with E-state index in [-0.39, 0.29) is 54.2 Å². The average Bonchev–Trinajstić information content (AvgIpc) is 3.48. The Morgan fingerprint density at radius 1 is 0.868 bits per heavy atom. The number of carbonyl (C=O) groups excluding carboxylic acids is 4. The Bertz CT molecular complexity index is 1300. The van der Waals surface area contributed by atoms with E-state index in [0.717, 1.165) is 5.57 Å². The van der Waals surface area contributed by atoms with Crippen LogP contribution in [0.1, 0.15) is 44.9 Å². The largest absolute Gasteiger partial charge is 0.458 e. The van der Waals surface area contributed by atoms with E-state index < -0.39 is 59.5 Å². The molecule has 5 aliphatic carbocycles. The second-order valence-corrected chi connectivity index (χ2v) is 12.5. The van der Waals surface area contributed by atoms with Crippen LogP contribution in [0.15, 0.2) is 47.6 Å². The maximum absolute atomic E-state index is 14.3. The highest BCUT2D eigenvalue weighted by Gasteiger charge is 2.71. The molecule has 2 N–H and O–H groups in total. The normalized spacial score (nSPS) is 47.5. The van der Waals surface area contributed by atoms with Crippen LogP contribution < -0.4 is 0 Å². The van der Waals surface area contributed by atoms with Gasteiger partial charge in [0.1, 0.15) is 18.0 Å². The van der Waals surface area contributed by atoms with E-state index in [1.165, 1.54) is 0 Å².